The van der Waals surface area contributed by atoms with Crippen molar-refractivity contribution in [1.82, 2.24) is 9.88 Å². The maximum Gasteiger partial charge on any atom is 0.235 e. The molecule has 3 rings (SSSR count). The summed E-state index contributed by atoms with van der Waals surface area (Å²) >= 11 is 13.7. The minimum atomic E-state index is -0.133. The molecule has 0 radical (unpaired) electrons. The van der Waals surface area contributed by atoms with Gasteiger partial charge in [-0.2, -0.15) is 0 Å². The van der Waals surface area contributed by atoms with E-state index in [2.05, 4.69) is 9.88 Å². The van der Waals surface area contributed by atoms with Crippen LogP contribution in [-0.4, -0.2) is 47.2 Å². The fourth-order valence-corrected chi connectivity index (χ4v) is 4.09. The summed E-state index contributed by atoms with van der Waals surface area (Å²) in [7, 11) is 0. The molecule has 1 amide bonds. The summed E-state index contributed by atoms with van der Waals surface area (Å²) in [5.74, 6) is 0.951. The lowest BCUT2D eigenvalue weighted by Gasteiger charge is -2.36. The van der Waals surface area contributed by atoms with Gasteiger partial charge in [-0.3, -0.25) is 4.79 Å². The lowest BCUT2D eigenvalue weighted by molar-refractivity contribution is -0.130. The van der Waals surface area contributed by atoms with Gasteiger partial charge in [-0.05, 0) is 43.3 Å². The number of hydrogen-bond acceptors (Lipinski definition) is 4. The van der Waals surface area contributed by atoms with Crippen molar-refractivity contribution < 1.29 is 4.79 Å². The van der Waals surface area contributed by atoms with Crippen molar-refractivity contribution in [2.24, 2.45) is 0 Å². The van der Waals surface area contributed by atoms with Crippen LogP contribution in [0.2, 0.25) is 10.0 Å². The number of halogens is 2. The zero-order valence-corrected chi connectivity index (χ0v) is 16.2. The first-order chi connectivity index (χ1) is 12.0. The Morgan fingerprint density at radius 2 is 1.80 bits per heavy atom. The lowest BCUT2D eigenvalue weighted by atomic mass is 10.2. The monoisotopic (exact) mass is 395 g/mol. The second-order valence-corrected chi connectivity index (χ2v) is 8.09. The van der Waals surface area contributed by atoms with Crippen LogP contribution in [0.15, 0.2) is 47.5 Å². The third kappa shape index (κ3) is 4.60. The molecule has 2 heterocycles. The first-order valence-electron chi connectivity index (χ1n) is 8.11. The first-order valence-corrected chi connectivity index (χ1v) is 9.74. The molecule has 0 N–H and O–H groups in total. The Hall–Kier alpha value is -1.43. The SMILES string of the molecule is CC(Sc1ccc(Cl)cc1)C(=O)N1CCN(c2ncccc2Cl)CC1. The van der Waals surface area contributed by atoms with Gasteiger partial charge >= 0.3 is 0 Å². The van der Waals surface area contributed by atoms with Crippen LogP contribution in [0.3, 0.4) is 0 Å². The van der Waals surface area contributed by atoms with Crippen molar-refractivity contribution >= 4 is 46.7 Å². The van der Waals surface area contributed by atoms with E-state index >= 15 is 0 Å². The van der Waals surface area contributed by atoms with Crippen molar-refractivity contribution in [3.05, 3.63) is 52.6 Å². The molecule has 0 aliphatic carbocycles. The third-order valence-corrected chi connectivity index (χ3v) is 5.75. The molecule has 4 nitrogen and oxygen atoms in total. The fraction of sp³-hybridized carbons (Fsp3) is 0.333. The smallest absolute Gasteiger partial charge is 0.235 e. The molecule has 1 atom stereocenters. The van der Waals surface area contributed by atoms with Crippen LogP contribution in [0.4, 0.5) is 5.82 Å². The van der Waals surface area contributed by atoms with Crippen LogP contribution in [0.25, 0.3) is 0 Å². The van der Waals surface area contributed by atoms with E-state index in [-0.39, 0.29) is 11.2 Å². The Labute approximate surface area is 162 Å². The molecule has 1 aromatic heterocycles. The number of benzene rings is 1. The van der Waals surface area contributed by atoms with E-state index in [0.29, 0.717) is 23.1 Å². The van der Waals surface area contributed by atoms with E-state index in [1.165, 1.54) is 0 Å². The average Bonchev–Trinajstić information content (AvgIpc) is 2.63. The highest BCUT2D eigenvalue weighted by Gasteiger charge is 2.26. The summed E-state index contributed by atoms with van der Waals surface area (Å²) < 4.78 is 0. The minimum absolute atomic E-state index is 0.133. The minimum Gasteiger partial charge on any atom is -0.352 e. The van der Waals surface area contributed by atoms with Crippen molar-refractivity contribution in [3.8, 4) is 0 Å². The summed E-state index contributed by atoms with van der Waals surface area (Å²) in [6, 6.07) is 11.2. The number of thioether (sulfide) groups is 1. The molecule has 1 saturated heterocycles. The van der Waals surface area contributed by atoms with Gasteiger partial charge in [-0.1, -0.05) is 23.2 Å². The highest BCUT2D eigenvalue weighted by atomic mass is 35.5. The van der Waals surface area contributed by atoms with Gasteiger partial charge in [0.15, 0.2) is 0 Å². The Bertz CT molecular complexity index is 733. The Balaban J connectivity index is 1.56. The number of carbonyl (C=O) groups is 1. The average molecular weight is 396 g/mol. The van der Waals surface area contributed by atoms with Crippen LogP contribution in [-0.2, 0) is 4.79 Å². The Morgan fingerprint density at radius 3 is 2.44 bits per heavy atom. The van der Waals surface area contributed by atoms with Gasteiger partial charge in [0.1, 0.15) is 5.82 Å². The maximum atomic E-state index is 12.7. The van der Waals surface area contributed by atoms with Crippen LogP contribution >= 0.6 is 35.0 Å². The molecule has 25 heavy (non-hydrogen) atoms. The van der Waals surface area contributed by atoms with Gasteiger partial charge in [0.2, 0.25) is 5.91 Å². The number of hydrogen-bond donors (Lipinski definition) is 0. The number of nitrogens with zero attached hydrogens (tertiary/aromatic N) is 3. The summed E-state index contributed by atoms with van der Waals surface area (Å²) in [6.45, 7) is 4.78. The predicted octanol–water partition coefficient (Wildman–Crippen LogP) is 4.22. The summed E-state index contributed by atoms with van der Waals surface area (Å²) in [6.07, 6.45) is 1.74. The zero-order chi connectivity index (χ0) is 17.8. The van der Waals surface area contributed by atoms with Gasteiger partial charge in [0.05, 0.1) is 10.3 Å². The molecule has 1 fully saturated rings. The second kappa shape index (κ2) is 8.30. The van der Waals surface area contributed by atoms with E-state index in [1.54, 1.807) is 18.0 Å². The van der Waals surface area contributed by atoms with E-state index < -0.39 is 0 Å². The van der Waals surface area contributed by atoms with Gasteiger partial charge in [0.25, 0.3) is 0 Å². The molecular formula is C18H19Cl2N3OS. The van der Waals surface area contributed by atoms with Gasteiger partial charge in [-0.25, -0.2) is 4.98 Å². The number of rotatable bonds is 4. The topological polar surface area (TPSA) is 36.4 Å². The van der Waals surface area contributed by atoms with Gasteiger partial charge in [-0.15, -0.1) is 11.8 Å². The molecule has 7 heteroatoms. The third-order valence-electron chi connectivity index (χ3n) is 4.10. The highest BCUT2D eigenvalue weighted by Crippen LogP contribution is 2.27. The van der Waals surface area contributed by atoms with Crippen LogP contribution < -0.4 is 4.90 Å². The normalized spacial score (nSPS) is 16.0. The zero-order valence-electron chi connectivity index (χ0n) is 13.9. The van der Waals surface area contributed by atoms with Crippen molar-refractivity contribution in [2.45, 2.75) is 17.1 Å². The van der Waals surface area contributed by atoms with Crippen LogP contribution in [0.5, 0.6) is 0 Å². The predicted molar refractivity (Wildman–Crippen MR) is 105 cm³/mol. The van der Waals surface area contributed by atoms with E-state index in [0.717, 1.165) is 23.8 Å². The molecule has 1 aromatic carbocycles. The number of aromatic nitrogens is 1. The summed E-state index contributed by atoms with van der Waals surface area (Å²) in [5, 5.41) is 1.22. The Morgan fingerprint density at radius 1 is 1.12 bits per heavy atom. The first kappa shape index (κ1) is 18.4. The van der Waals surface area contributed by atoms with Crippen molar-refractivity contribution in [1.29, 1.82) is 0 Å². The van der Waals surface area contributed by atoms with Crippen molar-refractivity contribution in [2.75, 3.05) is 31.1 Å². The molecule has 0 saturated carbocycles. The Kier molecular flexibility index (Phi) is 6.10. The number of amides is 1. The molecule has 1 aliphatic rings. The van der Waals surface area contributed by atoms with E-state index in [1.807, 2.05) is 48.2 Å². The van der Waals surface area contributed by atoms with Gasteiger partial charge < -0.3 is 9.80 Å². The van der Waals surface area contributed by atoms with Crippen molar-refractivity contribution in [3.63, 3.8) is 0 Å². The quantitative estimate of drug-likeness (QED) is 0.726. The number of carbonyl (C=O) groups excluding carboxylic acids is 1. The molecule has 132 valence electrons. The molecule has 0 bridgehead atoms. The summed E-state index contributed by atoms with van der Waals surface area (Å²) in [5.41, 5.74) is 0. The van der Waals surface area contributed by atoms with Crippen LogP contribution in [0, 0.1) is 0 Å². The number of piperazine rings is 1. The lowest BCUT2D eigenvalue weighted by Crippen LogP contribution is -2.51. The molecular weight excluding hydrogens is 377 g/mol. The number of anilines is 1. The largest absolute Gasteiger partial charge is 0.352 e. The van der Waals surface area contributed by atoms with E-state index in [9.17, 15) is 4.79 Å². The van der Waals surface area contributed by atoms with Gasteiger partial charge in [0, 0.05) is 42.3 Å². The standard InChI is InChI=1S/C18H19Cl2N3OS/c1-13(25-15-6-4-14(19)5-7-15)18(24)23-11-9-22(10-12-23)17-16(20)3-2-8-21-17/h2-8,13H,9-12H2,1H3. The molecule has 0 spiro atoms. The van der Waals surface area contributed by atoms with Crippen LogP contribution in [0.1, 0.15) is 6.92 Å². The molecule has 1 unspecified atom stereocenters. The number of pyridine rings is 1. The summed E-state index contributed by atoms with van der Waals surface area (Å²) in [4.78, 5) is 22.1. The van der Waals surface area contributed by atoms with E-state index in [4.69, 9.17) is 23.2 Å². The fourth-order valence-electron chi connectivity index (χ4n) is 2.77. The molecule has 2 aromatic rings. The maximum absolute atomic E-state index is 12.7. The molecule has 1 aliphatic heterocycles. The second-order valence-electron chi connectivity index (χ2n) is 5.84. The highest BCUT2D eigenvalue weighted by molar-refractivity contribution is 8.00.